The summed E-state index contributed by atoms with van der Waals surface area (Å²) in [6.45, 7) is 0.363. The summed E-state index contributed by atoms with van der Waals surface area (Å²) in [5, 5.41) is 11.5. The number of amides is 1. The molecule has 20 heavy (non-hydrogen) atoms. The number of aromatic nitrogens is 2. The second-order valence-electron chi connectivity index (χ2n) is 4.08. The quantitative estimate of drug-likeness (QED) is 0.818. The Hall–Kier alpha value is -2.10. The van der Waals surface area contributed by atoms with Crippen molar-refractivity contribution in [3.63, 3.8) is 0 Å². The summed E-state index contributed by atoms with van der Waals surface area (Å²) in [4.78, 5) is 17.5. The van der Waals surface area contributed by atoms with Gasteiger partial charge in [-0.25, -0.2) is 4.98 Å². The van der Waals surface area contributed by atoms with Crippen LogP contribution in [0.5, 0.6) is 0 Å². The van der Waals surface area contributed by atoms with Gasteiger partial charge in [0, 0.05) is 32.4 Å². The first-order valence-electron chi connectivity index (χ1n) is 6.14. The minimum absolute atomic E-state index is 0.110. The van der Waals surface area contributed by atoms with Crippen LogP contribution in [0.15, 0.2) is 24.5 Å². The summed E-state index contributed by atoms with van der Waals surface area (Å²) in [7, 11) is 1.93. The van der Waals surface area contributed by atoms with Gasteiger partial charge in [0.1, 0.15) is 12.4 Å². The van der Waals surface area contributed by atoms with Gasteiger partial charge in [-0.1, -0.05) is 11.8 Å². The molecule has 0 saturated heterocycles. The van der Waals surface area contributed by atoms with Gasteiger partial charge in [0.15, 0.2) is 0 Å². The highest BCUT2D eigenvalue weighted by Gasteiger charge is 2.08. The van der Waals surface area contributed by atoms with Crippen LogP contribution in [0.3, 0.4) is 0 Å². The molecule has 2 heterocycles. The van der Waals surface area contributed by atoms with E-state index < -0.39 is 0 Å². The summed E-state index contributed by atoms with van der Waals surface area (Å²) in [5.41, 5.74) is 0. The Morgan fingerprint density at radius 3 is 3.10 bits per heavy atom. The molecule has 0 bridgehead atoms. The van der Waals surface area contributed by atoms with Crippen molar-refractivity contribution in [2.45, 2.75) is 6.42 Å². The van der Waals surface area contributed by atoms with Crippen molar-refractivity contribution in [1.29, 1.82) is 0 Å². The molecule has 2 aromatic rings. The van der Waals surface area contributed by atoms with Crippen molar-refractivity contribution in [2.24, 2.45) is 7.05 Å². The highest BCUT2D eigenvalue weighted by molar-refractivity contribution is 7.14. The molecule has 0 aliphatic carbocycles. The van der Waals surface area contributed by atoms with E-state index in [9.17, 15) is 4.79 Å². The van der Waals surface area contributed by atoms with Crippen molar-refractivity contribution in [3.8, 4) is 11.8 Å². The van der Waals surface area contributed by atoms with Crippen LogP contribution in [-0.2, 0) is 13.5 Å². The Balaban J connectivity index is 1.86. The molecule has 0 spiro atoms. The van der Waals surface area contributed by atoms with Gasteiger partial charge in [0.2, 0.25) is 0 Å². The van der Waals surface area contributed by atoms with E-state index in [2.05, 4.69) is 22.1 Å². The van der Waals surface area contributed by atoms with Gasteiger partial charge in [-0.15, -0.1) is 11.3 Å². The monoisotopic (exact) mass is 289 g/mol. The highest BCUT2D eigenvalue weighted by Crippen LogP contribution is 2.15. The first-order chi connectivity index (χ1) is 9.70. The fourth-order valence-electron chi connectivity index (χ4n) is 1.67. The lowest BCUT2D eigenvalue weighted by atomic mass is 10.3. The van der Waals surface area contributed by atoms with Gasteiger partial charge in [-0.2, -0.15) is 0 Å². The molecule has 2 rings (SSSR count). The minimum Gasteiger partial charge on any atom is -0.384 e. The van der Waals surface area contributed by atoms with Crippen LogP contribution in [0.4, 0.5) is 0 Å². The number of nitrogens with zero attached hydrogens (tertiary/aromatic N) is 2. The molecular formula is C14H15N3O2S. The van der Waals surface area contributed by atoms with E-state index in [0.717, 1.165) is 10.7 Å². The number of imidazole rings is 1. The normalized spacial score (nSPS) is 9.90. The highest BCUT2D eigenvalue weighted by atomic mass is 32.1. The van der Waals surface area contributed by atoms with E-state index in [-0.39, 0.29) is 12.5 Å². The third-order valence-electron chi connectivity index (χ3n) is 2.68. The maximum Gasteiger partial charge on any atom is 0.261 e. The van der Waals surface area contributed by atoms with Gasteiger partial charge >= 0.3 is 0 Å². The van der Waals surface area contributed by atoms with E-state index in [4.69, 9.17) is 5.11 Å². The van der Waals surface area contributed by atoms with Crippen molar-refractivity contribution in [2.75, 3.05) is 13.2 Å². The molecule has 0 aliphatic heterocycles. The van der Waals surface area contributed by atoms with Crippen LogP contribution < -0.4 is 5.32 Å². The largest absolute Gasteiger partial charge is 0.384 e. The van der Waals surface area contributed by atoms with Crippen LogP contribution in [0.1, 0.15) is 20.4 Å². The molecule has 2 aromatic heterocycles. The number of carbonyl (C=O) groups is 1. The number of aryl methyl sites for hydroxylation is 1. The van der Waals surface area contributed by atoms with E-state index in [1.165, 1.54) is 11.3 Å². The molecule has 5 nitrogen and oxygen atoms in total. The number of aliphatic hydroxyl groups excluding tert-OH is 1. The predicted octanol–water partition coefficient (Wildman–Crippen LogP) is 0.798. The summed E-state index contributed by atoms with van der Waals surface area (Å²) < 4.78 is 1.93. The lowest BCUT2D eigenvalue weighted by Crippen LogP contribution is -2.25. The lowest BCUT2D eigenvalue weighted by molar-refractivity contribution is 0.0958. The van der Waals surface area contributed by atoms with E-state index in [0.29, 0.717) is 17.8 Å². The maximum atomic E-state index is 11.9. The van der Waals surface area contributed by atoms with E-state index in [1.54, 1.807) is 18.3 Å². The number of carbonyl (C=O) groups excluding carboxylic acids is 1. The molecule has 0 aliphatic rings. The predicted molar refractivity (Wildman–Crippen MR) is 77.5 cm³/mol. The number of hydrogen-bond acceptors (Lipinski definition) is 4. The number of nitrogens with one attached hydrogen (secondary N) is 1. The van der Waals surface area contributed by atoms with Crippen molar-refractivity contribution in [1.82, 2.24) is 14.9 Å². The Bertz CT molecular complexity index is 649. The molecule has 104 valence electrons. The van der Waals surface area contributed by atoms with Crippen LogP contribution in [0, 0.1) is 11.8 Å². The summed E-state index contributed by atoms with van der Waals surface area (Å²) >= 11 is 1.31. The molecule has 2 N–H and O–H groups in total. The first-order valence-corrected chi connectivity index (χ1v) is 6.96. The zero-order valence-electron chi connectivity index (χ0n) is 11.1. The van der Waals surface area contributed by atoms with Crippen molar-refractivity contribution in [3.05, 3.63) is 40.1 Å². The fraction of sp³-hybridized carbons (Fsp3) is 0.286. The van der Waals surface area contributed by atoms with E-state index in [1.807, 2.05) is 17.8 Å². The summed E-state index contributed by atoms with van der Waals surface area (Å²) in [6.07, 6.45) is 4.31. The van der Waals surface area contributed by atoms with Gasteiger partial charge in [-0.3, -0.25) is 4.79 Å². The zero-order chi connectivity index (χ0) is 14.4. The van der Waals surface area contributed by atoms with Gasteiger partial charge in [0.05, 0.1) is 9.75 Å². The van der Waals surface area contributed by atoms with Crippen LogP contribution in [0.2, 0.25) is 0 Å². The zero-order valence-corrected chi connectivity index (χ0v) is 11.9. The standard InChI is InChI=1S/C14H15N3O2S/c1-17-9-8-15-13(17)6-7-16-14(19)12-5-4-11(20-12)3-2-10-18/h4-5,8-9,18H,6-7,10H2,1H3,(H,16,19). The molecule has 0 radical (unpaired) electrons. The van der Waals surface area contributed by atoms with Crippen molar-refractivity contribution >= 4 is 17.2 Å². The number of hydrogen-bond donors (Lipinski definition) is 2. The summed E-state index contributed by atoms with van der Waals surface area (Å²) in [6, 6.07) is 3.52. The number of thiophene rings is 1. The smallest absolute Gasteiger partial charge is 0.261 e. The maximum absolute atomic E-state index is 11.9. The molecule has 0 fully saturated rings. The Kier molecular flexibility index (Phi) is 4.93. The van der Waals surface area contributed by atoms with Gasteiger partial charge in [-0.05, 0) is 12.1 Å². The average Bonchev–Trinajstić information content (AvgIpc) is 3.06. The number of aliphatic hydroxyl groups is 1. The number of rotatable bonds is 4. The second kappa shape index (κ2) is 6.89. The average molecular weight is 289 g/mol. The molecule has 0 atom stereocenters. The van der Waals surface area contributed by atoms with Crippen molar-refractivity contribution < 1.29 is 9.90 Å². The van der Waals surface area contributed by atoms with E-state index >= 15 is 0 Å². The fourth-order valence-corrected chi connectivity index (χ4v) is 2.46. The molecule has 1 amide bonds. The van der Waals surface area contributed by atoms with Crippen LogP contribution >= 0.6 is 11.3 Å². The Morgan fingerprint density at radius 2 is 2.40 bits per heavy atom. The lowest BCUT2D eigenvalue weighted by Gasteiger charge is -2.03. The third-order valence-corrected chi connectivity index (χ3v) is 3.68. The molecule has 0 aromatic carbocycles. The van der Waals surface area contributed by atoms with Crippen LogP contribution in [0.25, 0.3) is 0 Å². The Morgan fingerprint density at radius 1 is 1.55 bits per heavy atom. The van der Waals surface area contributed by atoms with Crippen LogP contribution in [-0.4, -0.2) is 33.7 Å². The topological polar surface area (TPSA) is 67.2 Å². The molecule has 0 unspecified atom stereocenters. The third kappa shape index (κ3) is 3.70. The SMILES string of the molecule is Cn1ccnc1CCNC(=O)c1ccc(C#CCO)s1. The first kappa shape index (κ1) is 14.3. The molecule has 0 saturated carbocycles. The molecule has 6 heteroatoms. The molecular weight excluding hydrogens is 274 g/mol. The second-order valence-corrected chi connectivity index (χ2v) is 5.17. The minimum atomic E-state index is -0.177. The van der Waals surface area contributed by atoms with Gasteiger partial charge in [0.25, 0.3) is 5.91 Å². The Labute approximate surface area is 121 Å². The summed E-state index contributed by atoms with van der Waals surface area (Å²) in [5.74, 6) is 6.16. The van der Waals surface area contributed by atoms with Gasteiger partial charge < -0.3 is 15.0 Å².